The minimum Gasteiger partial charge on any atom is -0.339 e. The van der Waals surface area contributed by atoms with E-state index < -0.39 is 0 Å². The molecule has 0 fully saturated rings. The van der Waals surface area contributed by atoms with Gasteiger partial charge in [0.25, 0.3) is 0 Å². The standard InChI is InChI=1S/C19H21N5/c1-12-7-5-9-16(14(12)3)21-18-11-20-24-19(23-18)22-17-10-6-8-13(2)15(17)4/h5-11H,1-4H3,(H2,21,22,23,24). The van der Waals surface area contributed by atoms with Crippen LogP contribution in [0.5, 0.6) is 0 Å². The van der Waals surface area contributed by atoms with E-state index in [4.69, 9.17) is 0 Å². The molecule has 0 unspecified atom stereocenters. The molecule has 0 atom stereocenters. The molecular formula is C19H21N5. The highest BCUT2D eigenvalue weighted by Gasteiger charge is 2.06. The minimum atomic E-state index is 0.471. The van der Waals surface area contributed by atoms with E-state index in [2.05, 4.69) is 65.6 Å². The van der Waals surface area contributed by atoms with Gasteiger partial charge in [-0.25, -0.2) is 0 Å². The maximum atomic E-state index is 4.51. The second-order valence-electron chi connectivity index (χ2n) is 5.91. The molecule has 5 nitrogen and oxygen atoms in total. The first kappa shape index (κ1) is 15.9. The van der Waals surface area contributed by atoms with Crippen molar-refractivity contribution < 1.29 is 0 Å². The number of benzene rings is 2. The quantitative estimate of drug-likeness (QED) is 0.736. The molecule has 0 radical (unpaired) electrons. The number of aryl methyl sites for hydroxylation is 2. The molecule has 0 saturated heterocycles. The van der Waals surface area contributed by atoms with Crippen LogP contribution in [-0.4, -0.2) is 15.2 Å². The molecule has 3 aromatic rings. The predicted octanol–water partition coefficient (Wildman–Crippen LogP) is 4.59. The maximum Gasteiger partial charge on any atom is 0.249 e. The number of nitrogens with one attached hydrogen (secondary N) is 2. The molecule has 1 heterocycles. The van der Waals surface area contributed by atoms with E-state index in [1.807, 2.05) is 24.3 Å². The zero-order valence-corrected chi connectivity index (χ0v) is 14.4. The van der Waals surface area contributed by atoms with Gasteiger partial charge in [0, 0.05) is 11.4 Å². The Hall–Kier alpha value is -2.95. The summed E-state index contributed by atoms with van der Waals surface area (Å²) in [5.41, 5.74) is 6.83. The van der Waals surface area contributed by atoms with Crippen LogP contribution >= 0.6 is 0 Å². The largest absolute Gasteiger partial charge is 0.339 e. The normalized spacial score (nSPS) is 10.5. The zero-order chi connectivity index (χ0) is 17.1. The molecule has 0 bridgehead atoms. The van der Waals surface area contributed by atoms with Gasteiger partial charge in [0.2, 0.25) is 5.95 Å². The molecule has 2 aromatic carbocycles. The minimum absolute atomic E-state index is 0.471. The summed E-state index contributed by atoms with van der Waals surface area (Å²) in [6.45, 7) is 8.33. The lowest BCUT2D eigenvalue weighted by molar-refractivity contribution is 0.981. The van der Waals surface area contributed by atoms with Crippen molar-refractivity contribution in [1.29, 1.82) is 0 Å². The Bertz CT molecular complexity index is 805. The van der Waals surface area contributed by atoms with Crippen LogP contribution in [-0.2, 0) is 0 Å². The smallest absolute Gasteiger partial charge is 0.249 e. The average molecular weight is 319 g/mol. The van der Waals surface area contributed by atoms with Crippen molar-refractivity contribution in [2.24, 2.45) is 0 Å². The Morgan fingerprint density at radius 2 is 1.33 bits per heavy atom. The zero-order valence-electron chi connectivity index (χ0n) is 14.4. The molecule has 0 aliphatic carbocycles. The number of anilines is 4. The van der Waals surface area contributed by atoms with E-state index in [0.29, 0.717) is 11.8 Å². The van der Waals surface area contributed by atoms with Crippen molar-refractivity contribution in [1.82, 2.24) is 15.2 Å². The Kier molecular flexibility index (Phi) is 4.42. The van der Waals surface area contributed by atoms with Crippen LogP contribution in [0.25, 0.3) is 0 Å². The first-order valence-electron chi connectivity index (χ1n) is 7.91. The van der Waals surface area contributed by atoms with E-state index in [0.717, 1.165) is 11.4 Å². The summed E-state index contributed by atoms with van der Waals surface area (Å²) in [6, 6.07) is 12.2. The highest BCUT2D eigenvalue weighted by atomic mass is 15.3. The van der Waals surface area contributed by atoms with Crippen LogP contribution in [0.4, 0.5) is 23.1 Å². The molecular weight excluding hydrogens is 298 g/mol. The second kappa shape index (κ2) is 6.66. The van der Waals surface area contributed by atoms with Crippen molar-refractivity contribution in [2.75, 3.05) is 10.6 Å². The first-order chi connectivity index (χ1) is 11.5. The number of aromatic nitrogens is 3. The fourth-order valence-electron chi connectivity index (χ4n) is 2.45. The molecule has 1 aromatic heterocycles. The van der Waals surface area contributed by atoms with E-state index in [1.54, 1.807) is 6.20 Å². The summed E-state index contributed by atoms with van der Waals surface area (Å²) in [7, 11) is 0. The van der Waals surface area contributed by atoms with Gasteiger partial charge in [0.15, 0.2) is 5.82 Å². The Labute approximate surface area is 142 Å². The van der Waals surface area contributed by atoms with Gasteiger partial charge in [0.05, 0.1) is 6.20 Å². The van der Waals surface area contributed by atoms with Crippen LogP contribution in [0.3, 0.4) is 0 Å². The first-order valence-corrected chi connectivity index (χ1v) is 7.91. The lowest BCUT2D eigenvalue weighted by Crippen LogP contribution is -2.04. The molecule has 122 valence electrons. The molecule has 0 amide bonds. The number of hydrogen-bond acceptors (Lipinski definition) is 5. The molecule has 0 spiro atoms. The van der Waals surface area contributed by atoms with Crippen molar-refractivity contribution in [3.63, 3.8) is 0 Å². The van der Waals surface area contributed by atoms with Gasteiger partial charge in [-0.2, -0.15) is 10.1 Å². The third-order valence-electron chi connectivity index (χ3n) is 4.28. The highest BCUT2D eigenvalue weighted by Crippen LogP contribution is 2.23. The van der Waals surface area contributed by atoms with Crippen LogP contribution in [0, 0.1) is 27.7 Å². The van der Waals surface area contributed by atoms with E-state index in [1.165, 1.54) is 22.3 Å². The number of nitrogens with zero attached hydrogens (tertiary/aromatic N) is 3. The highest BCUT2D eigenvalue weighted by molar-refractivity contribution is 5.64. The summed E-state index contributed by atoms with van der Waals surface area (Å²) < 4.78 is 0. The third-order valence-corrected chi connectivity index (χ3v) is 4.28. The lowest BCUT2D eigenvalue weighted by Gasteiger charge is -2.12. The summed E-state index contributed by atoms with van der Waals surface area (Å²) in [6.07, 6.45) is 1.62. The summed E-state index contributed by atoms with van der Waals surface area (Å²) in [4.78, 5) is 4.51. The van der Waals surface area contributed by atoms with E-state index in [9.17, 15) is 0 Å². The lowest BCUT2D eigenvalue weighted by atomic mass is 10.1. The van der Waals surface area contributed by atoms with E-state index >= 15 is 0 Å². The summed E-state index contributed by atoms with van der Waals surface area (Å²) >= 11 is 0. The number of rotatable bonds is 4. The van der Waals surface area contributed by atoms with Gasteiger partial charge in [0.1, 0.15) is 0 Å². The van der Waals surface area contributed by atoms with Crippen molar-refractivity contribution in [3.8, 4) is 0 Å². The molecule has 24 heavy (non-hydrogen) atoms. The van der Waals surface area contributed by atoms with Crippen molar-refractivity contribution in [3.05, 3.63) is 64.8 Å². The van der Waals surface area contributed by atoms with Gasteiger partial charge in [-0.3, -0.25) is 0 Å². The molecule has 5 heteroatoms. The molecule has 2 N–H and O–H groups in total. The Morgan fingerprint density at radius 1 is 0.750 bits per heavy atom. The van der Waals surface area contributed by atoms with Gasteiger partial charge < -0.3 is 10.6 Å². The van der Waals surface area contributed by atoms with E-state index in [-0.39, 0.29) is 0 Å². The van der Waals surface area contributed by atoms with Gasteiger partial charge in [-0.05, 0) is 62.1 Å². The second-order valence-corrected chi connectivity index (χ2v) is 5.91. The molecule has 0 saturated carbocycles. The van der Waals surface area contributed by atoms with Crippen LogP contribution < -0.4 is 10.6 Å². The molecule has 0 aliphatic rings. The fraction of sp³-hybridized carbons (Fsp3) is 0.211. The molecule has 3 rings (SSSR count). The van der Waals surface area contributed by atoms with Crippen LogP contribution in [0.1, 0.15) is 22.3 Å². The van der Waals surface area contributed by atoms with Crippen LogP contribution in [0.2, 0.25) is 0 Å². The molecule has 0 aliphatic heterocycles. The predicted molar refractivity (Wildman–Crippen MR) is 98.2 cm³/mol. The Balaban J connectivity index is 1.84. The van der Waals surface area contributed by atoms with Gasteiger partial charge in [-0.15, -0.1) is 5.10 Å². The number of hydrogen-bond donors (Lipinski definition) is 2. The average Bonchev–Trinajstić information content (AvgIpc) is 2.57. The van der Waals surface area contributed by atoms with Gasteiger partial charge in [-0.1, -0.05) is 24.3 Å². The maximum absolute atomic E-state index is 4.51. The third kappa shape index (κ3) is 3.35. The van der Waals surface area contributed by atoms with Crippen molar-refractivity contribution >= 4 is 23.1 Å². The van der Waals surface area contributed by atoms with Crippen molar-refractivity contribution in [2.45, 2.75) is 27.7 Å². The fourth-order valence-corrected chi connectivity index (χ4v) is 2.45. The topological polar surface area (TPSA) is 62.7 Å². The van der Waals surface area contributed by atoms with Gasteiger partial charge >= 0.3 is 0 Å². The summed E-state index contributed by atoms with van der Waals surface area (Å²) in [5.74, 6) is 1.13. The Morgan fingerprint density at radius 3 is 1.96 bits per heavy atom. The summed E-state index contributed by atoms with van der Waals surface area (Å²) in [5, 5.41) is 14.7. The SMILES string of the molecule is Cc1cccc(Nc2cnnc(Nc3cccc(C)c3C)n2)c1C. The van der Waals surface area contributed by atoms with Crippen LogP contribution in [0.15, 0.2) is 42.6 Å². The monoisotopic (exact) mass is 319 g/mol.